The summed E-state index contributed by atoms with van der Waals surface area (Å²) < 4.78 is 0. The standard InChI is InChI=1S/C8H6ClNO2/c9-8-3-1-2-6(10-8)7(12)4-5-11/h1-3,5H,4H2. The molecule has 0 fully saturated rings. The van der Waals surface area contributed by atoms with E-state index in [1.807, 2.05) is 0 Å². The van der Waals surface area contributed by atoms with Crippen LogP contribution in [0.25, 0.3) is 0 Å². The molecule has 0 N–H and O–H groups in total. The minimum atomic E-state index is -0.312. The summed E-state index contributed by atoms with van der Waals surface area (Å²) in [6.07, 6.45) is 0.401. The summed E-state index contributed by atoms with van der Waals surface area (Å²) in [6.45, 7) is 0. The Hall–Kier alpha value is -1.22. The van der Waals surface area contributed by atoms with Crippen molar-refractivity contribution in [3.8, 4) is 0 Å². The van der Waals surface area contributed by atoms with Gasteiger partial charge in [-0.1, -0.05) is 17.7 Å². The van der Waals surface area contributed by atoms with Gasteiger partial charge in [-0.25, -0.2) is 4.98 Å². The molecule has 0 aliphatic heterocycles. The molecule has 0 aromatic carbocycles. The molecule has 0 bridgehead atoms. The fraction of sp³-hybridized carbons (Fsp3) is 0.125. The van der Waals surface area contributed by atoms with E-state index in [0.29, 0.717) is 6.29 Å². The highest BCUT2D eigenvalue weighted by atomic mass is 35.5. The van der Waals surface area contributed by atoms with Crippen molar-refractivity contribution in [3.05, 3.63) is 29.0 Å². The van der Waals surface area contributed by atoms with Crippen LogP contribution >= 0.6 is 11.6 Å². The number of hydrogen-bond acceptors (Lipinski definition) is 3. The normalized spacial score (nSPS) is 9.42. The van der Waals surface area contributed by atoms with Crippen molar-refractivity contribution in [1.29, 1.82) is 0 Å². The van der Waals surface area contributed by atoms with Gasteiger partial charge in [0.05, 0.1) is 6.42 Å². The highest BCUT2D eigenvalue weighted by Gasteiger charge is 2.05. The van der Waals surface area contributed by atoms with Crippen molar-refractivity contribution in [2.24, 2.45) is 0 Å². The van der Waals surface area contributed by atoms with Gasteiger partial charge < -0.3 is 4.79 Å². The Balaban J connectivity index is 2.87. The van der Waals surface area contributed by atoms with Gasteiger partial charge in [0.15, 0.2) is 5.78 Å². The number of halogens is 1. The monoisotopic (exact) mass is 183 g/mol. The third kappa shape index (κ3) is 2.13. The number of ketones is 1. The lowest BCUT2D eigenvalue weighted by Gasteiger charge is -1.95. The molecule has 3 nitrogen and oxygen atoms in total. The predicted molar refractivity (Wildman–Crippen MR) is 44.3 cm³/mol. The van der Waals surface area contributed by atoms with Crippen LogP contribution in [0, 0.1) is 0 Å². The third-order valence-corrected chi connectivity index (χ3v) is 1.48. The van der Waals surface area contributed by atoms with Crippen LogP contribution in [0.15, 0.2) is 18.2 Å². The molecule has 0 radical (unpaired) electrons. The van der Waals surface area contributed by atoms with Crippen LogP contribution in [0.4, 0.5) is 0 Å². The molecule has 1 rings (SSSR count). The topological polar surface area (TPSA) is 47.0 Å². The van der Waals surface area contributed by atoms with Crippen molar-refractivity contribution in [1.82, 2.24) is 4.98 Å². The lowest BCUT2D eigenvalue weighted by atomic mass is 10.2. The molecule has 62 valence electrons. The second-order valence-electron chi connectivity index (χ2n) is 2.14. The molecule has 0 aliphatic carbocycles. The Bertz CT molecular complexity index is 312. The van der Waals surface area contributed by atoms with Crippen LogP contribution in [0.3, 0.4) is 0 Å². The maximum Gasteiger partial charge on any atom is 0.188 e. The van der Waals surface area contributed by atoms with Crippen molar-refractivity contribution in [2.75, 3.05) is 0 Å². The molecule has 0 amide bonds. The molecule has 0 aliphatic rings. The zero-order valence-electron chi connectivity index (χ0n) is 6.16. The van der Waals surface area contributed by atoms with Crippen LogP contribution in [0.1, 0.15) is 16.9 Å². The van der Waals surface area contributed by atoms with E-state index in [-0.39, 0.29) is 23.1 Å². The Morgan fingerprint density at radius 2 is 2.33 bits per heavy atom. The van der Waals surface area contributed by atoms with Crippen molar-refractivity contribution < 1.29 is 9.59 Å². The van der Waals surface area contributed by atoms with E-state index in [1.165, 1.54) is 6.07 Å². The number of nitrogens with zero attached hydrogens (tertiary/aromatic N) is 1. The molecule has 0 saturated carbocycles. The molecular weight excluding hydrogens is 178 g/mol. The van der Waals surface area contributed by atoms with Gasteiger partial charge in [0.1, 0.15) is 17.1 Å². The third-order valence-electron chi connectivity index (χ3n) is 1.27. The lowest BCUT2D eigenvalue weighted by Crippen LogP contribution is -2.01. The van der Waals surface area contributed by atoms with E-state index >= 15 is 0 Å². The first kappa shape index (κ1) is 8.87. The quantitative estimate of drug-likeness (QED) is 0.309. The number of hydrogen-bond donors (Lipinski definition) is 0. The molecule has 0 saturated heterocycles. The van der Waals surface area contributed by atoms with Crippen molar-refractivity contribution in [3.63, 3.8) is 0 Å². The fourth-order valence-corrected chi connectivity index (χ4v) is 0.908. The van der Waals surface area contributed by atoms with E-state index in [9.17, 15) is 9.59 Å². The summed E-state index contributed by atoms with van der Waals surface area (Å²) in [5, 5.41) is 0.256. The summed E-state index contributed by atoms with van der Waals surface area (Å²) in [4.78, 5) is 24.8. The van der Waals surface area contributed by atoms with Crippen LogP contribution in [0.2, 0.25) is 5.15 Å². The largest absolute Gasteiger partial charge is 0.303 e. The lowest BCUT2D eigenvalue weighted by molar-refractivity contribution is -0.107. The maximum absolute atomic E-state index is 11.0. The molecular formula is C8H6ClNO2. The second-order valence-corrected chi connectivity index (χ2v) is 2.53. The average molecular weight is 184 g/mol. The van der Waals surface area contributed by atoms with Crippen LogP contribution < -0.4 is 0 Å². The van der Waals surface area contributed by atoms with Gasteiger partial charge in [-0.05, 0) is 12.1 Å². The summed E-state index contributed by atoms with van der Waals surface area (Å²) in [5.41, 5.74) is 0.231. The Morgan fingerprint density at radius 1 is 1.58 bits per heavy atom. The van der Waals surface area contributed by atoms with Gasteiger partial charge in [0, 0.05) is 0 Å². The molecule has 1 aromatic heterocycles. The van der Waals surface area contributed by atoms with E-state index in [1.54, 1.807) is 12.1 Å². The number of rotatable bonds is 3. The first-order valence-corrected chi connectivity index (χ1v) is 3.71. The Morgan fingerprint density at radius 3 is 2.92 bits per heavy atom. The van der Waals surface area contributed by atoms with Gasteiger partial charge in [-0.2, -0.15) is 0 Å². The van der Waals surface area contributed by atoms with Gasteiger partial charge in [0.2, 0.25) is 0 Å². The minimum Gasteiger partial charge on any atom is -0.303 e. The SMILES string of the molecule is O=CCC(=O)c1cccc(Cl)n1. The zero-order chi connectivity index (χ0) is 8.97. The molecule has 0 atom stereocenters. The Labute approximate surface area is 74.4 Å². The number of pyridine rings is 1. The second kappa shape index (κ2) is 3.97. The zero-order valence-corrected chi connectivity index (χ0v) is 6.91. The summed E-state index contributed by atoms with van der Waals surface area (Å²) >= 11 is 5.54. The molecule has 1 heterocycles. The van der Waals surface area contributed by atoms with Crippen LogP contribution in [-0.4, -0.2) is 17.1 Å². The first-order valence-electron chi connectivity index (χ1n) is 3.33. The number of carbonyl (C=O) groups excluding carboxylic acids is 2. The van der Waals surface area contributed by atoms with E-state index < -0.39 is 0 Å². The Kier molecular flexibility index (Phi) is 2.94. The summed E-state index contributed by atoms with van der Waals surface area (Å²) in [5.74, 6) is -0.312. The maximum atomic E-state index is 11.0. The van der Waals surface area contributed by atoms with E-state index in [2.05, 4.69) is 4.98 Å². The summed E-state index contributed by atoms with van der Waals surface area (Å²) in [6, 6.07) is 4.71. The van der Waals surface area contributed by atoms with Crippen molar-refractivity contribution in [2.45, 2.75) is 6.42 Å². The van der Waals surface area contributed by atoms with E-state index in [4.69, 9.17) is 11.6 Å². The van der Waals surface area contributed by atoms with Gasteiger partial charge in [-0.3, -0.25) is 4.79 Å². The minimum absolute atomic E-state index is 0.145. The molecule has 1 aromatic rings. The van der Waals surface area contributed by atoms with Gasteiger partial charge >= 0.3 is 0 Å². The fourth-order valence-electron chi connectivity index (χ4n) is 0.744. The molecule has 12 heavy (non-hydrogen) atoms. The van der Waals surface area contributed by atoms with E-state index in [0.717, 1.165) is 0 Å². The van der Waals surface area contributed by atoms with Crippen molar-refractivity contribution >= 4 is 23.7 Å². The molecule has 0 spiro atoms. The first-order chi connectivity index (χ1) is 5.74. The molecule has 4 heteroatoms. The average Bonchev–Trinajstić information content (AvgIpc) is 2.05. The van der Waals surface area contributed by atoms with Gasteiger partial charge in [-0.15, -0.1) is 0 Å². The number of aldehydes is 1. The predicted octanol–water partition coefficient (Wildman–Crippen LogP) is 1.51. The number of aromatic nitrogens is 1. The highest BCUT2D eigenvalue weighted by Crippen LogP contribution is 2.06. The van der Waals surface area contributed by atoms with Crippen LogP contribution in [0.5, 0.6) is 0 Å². The number of Topliss-reactive ketones (excluding diaryl/α,β-unsaturated/α-hetero) is 1. The number of carbonyl (C=O) groups is 2. The van der Waals surface area contributed by atoms with Gasteiger partial charge in [0.25, 0.3) is 0 Å². The smallest absolute Gasteiger partial charge is 0.188 e. The van der Waals surface area contributed by atoms with Crippen LogP contribution in [-0.2, 0) is 4.79 Å². The summed E-state index contributed by atoms with van der Waals surface area (Å²) in [7, 11) is 0. The highest BCUT2D eigenvalue weighted by molar-refractivity contribution is 6.29. The molecule has 0 unspecified atom stereocenters.